The van der Waals surface area contributed by atoms with Crippen LogP contribution in [0, 0.1) is 0 Å². The maximum absolute atomic E-state index is 5.85. The van der Waals surface area contributed by atoms with E-state index in [9.17, 15) is 0 Å². The smallest absolute Gasteiger partial charge is 0.107 e. The summed E-state index contributed by atoms with van der Waals surface area (Å²) >= 11 is 0. The summed E-state index contributed by atoms with van der Waals surface area (Å²) in [6, 6.07) is 0. The van der Waals surface area contributed by atoms with E-state index in [-0.39, 0.29) is 18.3 Å². The van der Waals surface area contributed by atoms with Crippen molar-refractivity contribution < 1.29 is 14.2 Å². The summed E-state index contributed by atoms with van der Waals surface area (Å²) < 4.78 is 17.0. The topological polar surface area (TPSA) is 53.7 Å². The molecular formula is C11H23NO3. The molecule has 3 atom stereocenters. The normalized spacial score (nSPS) is 30.6. The Balaban J connectivity index is 2.34. The standard InChI is InChI=1S/C11H23NO3/c1-9(4-5-12)15-11-8-13-6-3-7-14-10(11)2/h9-11H,3-8,12H2,1-2H3. The lowest BCUT2D eigenvalue weighted by Crippen LogP contribution is -2.38. The molecule has 4 nitrogen and oxygen atoms in total. The van der Waals surface area contributed by atoms with Gasteiger partial charge in [-0.25, -0.2) is 0 Å². The predicted octanol–water partition coefficient (Wildman–Crippen LogP) is 0.934. The molecule has 1 saturated heterocycles. The third-order valence-electron chi connectivity index (χ3n) is 2.60. The average Bonchev–Trinajstić information content (AvgIpc) is 2.18. The first-order chi connectivity index (χ1) is 7.24. The van der Waals surface area contributed by atoms with Crippen molar-refractivity contribution in [3.63, 3.8) is 0 Å². The Bertz CT molecular complexity index is 166. The van der Waals surface area contributed by atoms with Gasteiger partial charge in [0, 0.05) is 13.2 Å². The van der Waals surface area contributed by atoms with Gasteiger partial charge in [0.2, 0.25) is 0 Å². The molecule has 0 aromatic carbocycles. The quantitative estimate of drug-likeness (QED) is 0.761. The van der Waals surface area contributed by atoms with Crippen LogP contribution in [0.5, 0.6) is 0 Å². The molecule has 0 aromatic rings. The molecule has 3 unspecified atom stereocenters. The van der Waals surface area contributed by atoms with Crippen LogP contribution < -0.4 is 5.73 Å². The first-order valence-electron chi connectivity index (χ1n) is 5.79. The Morgan fingerprint density at radius 1 is 1.47 bits per heavy atom. The van der Waals surface area contributed by atoms with Gasteiger partial charge in [-0.3, -0.25) is 0 Å². The number of rotatable bonds is 4. The molecule has 15 heavy (non-hydrogen) atoms. The Kier molecular flexibility index (Phi) is 6.17. The monoisotopic (exact) mass is 217 g/mol. The van der Waals surface area contributed by atoms with Gasteiger partial charge in [0.25, 0.3) is 0 Å². The Morgan fingerprint density at radius 2 is 2.27 bits per heavy atom. The fraction of sp³-hybridized carbons (Fsp3) is 1.00. The molecule has 0 spiro atoms. The number of ether oxygens (including phenoxy) is 3. The van der Waals surface area contributed by atoms with Crippen molar-refractivity contribution >= 4 is 0 Å². The molecule has 0 amide bonds. The molecule has 90 valence electrons. The molecule has 0 radical (unpaired) electrons. The summed E-state index contributed by atoms with van der Waals surface area (Å²) in [6.45, 7) is 6.87. The van der Waals surface area contributed by atoms with Crippen molar-refractivity contribution in [2.24, 2.45) is 5.73 Å². The lowest BCUT2D eigenvalue weighted by molar-refractivity contribution is -0.135. The second kappa shape index (κ2) is 7.17. The molecule has 1 heterocycles. The summed E-state index contributed by atoms with van der Waals surface area (Å²) in [4.78, 5) is 0. The Labute approximate surface area is 92.1 Å². The van der Waals surface area contributed by atoms with Crippen LogP contribution in [-0.4, -0.2) is 44.7 Å². The van der Waals surface area contributed by atoms with Crippen molar-refractivity contribution in [1.82, 2.24) is 0 Å². The van der Waals surface area contributed by atoms with Crippen molar-refractivity contribution in [2.75, 3.05) is 26.4 Å². The first-order valence-corrected chi connectivity index (χ1v) is 5.79. The maximum Gasteiger partial charge on any atom is 0.107 e. The fourth-order valence-electron chi connectivity index (χ4n) is 1.62. The third-order valence-corrected chi connectivity index (χ3v) is 2.60. The van der Waals surface area contributed by atoms with Crippen LogP contribution in [0.4, 0.5) is 0 Å². The van der Waals surface area contributed by atoms with E-state index < -0.39 is 0 Å². The Morgan fingerprint density at radius 3 is 3.00 bits per heavy atom. The second-order valence-electron chi connectivity index (χ2n) is 4.07. The van der Waals surface area contributed by atoms with Gasteiger partial charge >= 0.3 is 0 Å². The van der Waals surface area contributed by atoms with Crippen LogP contribution in [0.25, 0.3) is 0 Å². The van der Waals surface area contributed by atoms with Gasteiger partial charge < -0.3 is 19.9 Å². The number of hydrogen-bond donors (Lipinski definition) is 1. The molecule has 2 N–H and O–H groups in total. The lowest BCUT2D eigenvalue weighted by Gasteiger charge is -2.29. The highest BCUT2D eigenvalue weighted by molar-refractivity contribution is 4.69. The van der Waals surface area contributed by atoms with Gasteiger partial charge in [0.15, 0.2) is 0 Å². The highest BCUT2D eigenvalue weighted by atomic mass is 16.6. The zero-order chi connectivity index (χ0) is 11.1. The van der Waals surface area contributed by atoms with Gasteiger partial charge in [-0.1, -0.05) is 0 Å². The molecule has 1 rings (SSSR count). The zero-order valence-electron chi connectivity index (χ0n) is 9.78. The number of nitrogens with two attached hydrogens (primary N) is 1. The van der Waals surface area contributed by atoms with E-state index in [1.165, 1.54) is 0 Å². The largest absolute Gasteiger partial charge is 0.379 e. The summed E-state index contributed by atoms with van der Waals surface area (Å²) in [5.41, 5.74) is 5.48. The first kappa shape index (κ1) is 12.9. The lowest BCUT2D eigenvalue weighted by atomic mass is 10.2. The molecular weight excluding hydrogens is 194 g/mol. The molecule has 1 aliphatic rings. The van der Waals surface area contributed by atoms with Crippen molar-refractivity contribution in [1.29, 1.82) is 0 Å². The predicted molar refractivity (Wildman–Crippen MR) is 58.9 cm³/mol. The van der Waals surface area contributed by atoms with Crippen molar-refractivity contribution in [3.8, 4) is 0 Å². The average molecular weight is 217 g/mol. The van der Waals surface area contributed by atoms with Crippen molar-refractivity contribution in [3.05, 3.63) is 0 Å². The van der Waals surface area contributed by atoms with E-state index in [4.69, 9.17) is 19.9 Å². The fourth-order valence-corrected chi connectivity index (χ4v) is 1.62. The van der Waals surface area contributed by atoms with Crippen LogP contribution in [0.2, 0.25) is 0 Å². The summed E-state index contributed by atoms with van der Waals surface area (Å²) in [7, 11) is 0. The van der Waals surface area contributed by atoms with Crippen LogP contribution in [-0.2, 0) is 14.2 Å². The Hall–Kier alpha value is -0.160. The maximum atomic E-state index is 5.85. The number of hydrogen-bond acceptors (Lipinski definition) is 4. The second-order valence-corrected chi connectivity index (χ2v) is 4.07. The van der Waals surface area contributed by atoms with Gasteiger partial charge in [-0.2, -0.15) is 0 Å². The van der Waals surface area contributed by atoms with E-state index in [2.05, 4.69) is 0 Å². The summed E-state index contributed by atoms with van der Waals surface area (Å²) in [5.74, 6) is 0. The van der Waals surface area contributed by atoms with Crippen LogP contribution in [0.15, 0.2) is 0 Å². The highest BCUT2D eigenvalue weighted by Crippen LogP contribution is 2.12. The SMILES string of the molecule is CC(CCN)OC1COCCCOC1C. The molecule has 0 saturated carbocycles. The van der Waals surface area contributed by atoms with Gasteiger partial charge in [-0.05, 0) is 33.2 Å². The van der Waals surface area contributed by atoms with E-state index in [0.29, 0.717) is 13.2 Å². The van der Waals surface area contributed by atoms with E-state index in [0.717, 1.165) is 26.1 Å². The molecule has 0 aromatic heterocycles. The molecule has 0 bridgehead atoms. The van der Waals surface area contributed by atoms with Crippen LogP contribution >= 0.6 is 0 Å². The van der Waals surface area contributed by atoms with Gasteiger partial charge in [0.05, 0.1) is 18.8 Å². The van der Waals surface area contributed by atoms with E-state index in [1.54, 1.807) is 0 Å². The van der Waals surface area contributed by atoms with Gasteiger partial charge in [-0.15, -0.1) is 0 Å². The molecule has 1 aliphatic heterocycles. The van der Waals surface area contributed by atoms with E-state index >= 15 is 0 Å². The minimum atomic E-state index is 0.0341. The highest BCUT2D eigenvalue weighted by Gasteiger charge is 2.22. The van der Waals surface area contributed by atoms with Gasteiger partial charge in [0.1, 0.15) is 6.10 Å². The summed E-state index contributed by atoms with van der Waals surface area (Å²) in [5, 5.41) is 0. The van der Waals surface area contributed by atoms with Crippen molar-refractivity contribution in [2.45, 2.75) is 45.0 Å². The molecule has 1 fully saturated rings. The third kappa shape index (κ3) is 4.93. The van der Waals surface area contributed by atoms with Crippen LogP contribution in [0.1, 0.15) is 26.7 Å². The minimum absolute atomic E-state index is 0.0341. The van der Waals surface area contributed by atoms with Crippen LogP contribution in [0.3, 0.4) is 0 Å². The van der Waals surface area contributed by atoms with E-state index in [1.807, 2.05) is 13.8 Å². The molecule has 0 aliphatic carbocycles. The molecule has 4 heteroatoms. The zero-order valence-corrected chi connectivity index (χ0v) is 9.78. The minimum Gasteiger partial charge on any atom is -0.379 e. The summed E-state index contributed by atoms with van der Waals surface area (Å²) in [6.07, 6.45) is 2.16.